The van der Waals surface area contributed by atoms with E-state index in [0.717, 1.165) is 24.3 Å². The maximum Gasteiger partial charge on any atom is 0.150 e. The van der Waals surface area contributed by atoms with Crippen LogP contribution in [0.1, 0.15) is 25.0 Å². The first kappa shape index (κ1) is 7.56. The predicted molar refractivity (Wildman–Crippen MR) is 48.0 cm³/mol. The zero-order valence-electron chi connectivity index (χ0n) is 7.65. The summed E-state index contributed by atoms with van der Waals surface area (Å²) in [5.41, 5.74) is 0. The second kappa shape index (κ2) is 2.84. The van der Waals surface area contributed by atoms with Crippen molar-refractivity contribution >= 4 is 0 Å². The molecule has 1 saturated carbocycles. The van der Waals surface area contributed by atoms with Gasteiger partial charge in [-0.05, 0) is 18.8 Å². The van der Waals surface area contributed by atoms with Gasteiger partial charge in [0.25, 0.3) is 0 Å². The maximum absolute atomic E-state index is 5.10. The van der Waals surface area contributed by atoms with Crippen molar-refractivity contribution in [3.8, 4) is 0 Å². The van der Waals surface area contributed by atoms with E-state index in [4.69, 9.17) is 4.52 Å². The van der Waals surface area contributed by atoms with Gasteiger partial charge in [-0.25, -0.2) is 0 Å². The molecule has 0 amide bonds. The van der Waals surface area contributed by atoms with E-state index >= 15 is 0 Å². The van der Waals surface area contributed by atoms with E-state index < -0.39 is 0 Å². The van der Waals surface area contributed by atoms with Crippen LogP contribution in [0, 0.1) is 5.92 Å². The zero-order chi connectivity index (χ0) is 8.67. The van der Waals surface area contributed by atoms with Crippen molar-refractivity contribution in [3.05, 3.63) is 18.0 Å². The molecule has 3 heteroatoms. The van der Waals surface area contributed by atoms with Gasteiger partial charge in [-0.15, -0.1) is 0 Å². The first-order valence-corrected chi connectivity index (χ1v) is 5.07. The molecule has 1 aliphatic carbocycles. The average Bonchev–Trinajstić information content (AvgIpc) is 2.69. The number of likely N-dealkylation sites (tertiary alicyclic amines) is 1. The molecular weight excluding hydrogens is 164 g/mol. The molecule has 1 aromatic heterocycles. The van der Waals surface area contributed by atoms with Crippen LogP contribution in [-0.2, 0) is 6.54 Å². The topological polar surface area (TPSA) is 29.3 Å². The van der Waals surface area contributed by atoms with Gasteiger partial charge >= 0.3 is 0 Å². The summed E-state index contributed by atoms with van der Waals surface area (Å²) in [5.74, 6) is 1.99. The van der Waals surface area contributed by atoms with Gasteiger partial charge in [-0.2, -0.15) is 0 Å². The Hall–Kier alpha value is -0.830. The van der Waals surface area contributed by atoms with Crippen molar-refractivity contribution in [1.29, 1.82) is 0 Å². The van der Waals surface area contributed by atoms with Crippen LogP contribution in [-0.4, -0.2) is 22.6 Å². The molecule has 2 fully saturated rings. The predicted octanol–water partition coefficient (Wildman–Crippen LogP) is 1.66. The van der Waals surface area contributed by atoms with Gasteiger partial charge in [0.2, 0.25) is 0 Å². The lowest BCUT2D eigenvalue weighted by Crippen LogP contribution is -2.52. The first-order chi connectivity index (χ1) is 6.43. The third-order valence-electron chi connectivity index (χ3n) is 3.41. The minimum atomic E-state index is 0.852. The van der Waals surface area contributed by atoms with Gasteiger partial charge in [0.1, 0.15) is 0 Å². The Morgan fingerprint density at radius 1 is 1.54 bits per heavy atom. The Kier molecular flexibility index (Phi) is 1.65. The van der Waals surface area contributed by atoms with Crippen LogP contribution < -0.4 is 0 Å². The molecule has 2 atom stereocenters. The molecular formula is C10H14N2O. The first-order valence-electron chi connectivity index (χ1n) is 5.07. The number of hydrogen-bond acceptors (Lipinski definition) is 3. The van der Waals surface area contributed by atoms with Crippen LogP contribution in [0.2, 0.25) is 0 Å². The molecule has 3 rings (SSSR count). The Bertz CT molecular complexity index is 283. The summed E-state index contributed by atoms with van der Waals surface area (Å²) < 4.78 is 5.10. The highest BCUT2D eigenvalue weighted by Gasteiger charge is 2.41. The number of nitrogens with zero attached hydrogens (tertiary/aromatic N) is 2. The van der Waals surface area contributed by atoms with Crippen LogP contribution in [0.3, 0.4) is 0 Å². The van der Waals surface area contributed by atoms with Gasteiger partial charge in [-0.1, -0.05) is 11.6 Å². The molecule has 13 heavy (non-hydrogen) atoms. The number of hydrogen-bond donors (Lipinski definition) is 0. The second-order valence-corrected chi connectivity index (χ2v) is 4.17. The average molecular weight is 178 g/mol. The van der Waals surface area contributed by atoms with Crippen LogP contribution in [0.15, 0.2) is 16.8 Å². The molecule has 1 aliphatic heterocycles. The minimum Gasteiger partial charge on any atom is -0.360 e. The molecule has 3 nitrogen and oxygen atoms in total. The molecule has 2 aliphatic rings. The van der Waals surface area contributed by atoms with Crippen molar-refractivity contribution in [2.45, 2.75) is 31.8 Å². The molecule has 2 heterocycles. The fourth-order valence-electron chi connectivity index (χ4n) is 2.72. The Morgan fingerprint density at radius 2 is 2.54 bits per heavy atom. The molecule has 2 unspecified atom stereocenters. The number of aromatic nitrogens is 1. The van der Waals surface area contributed by atoms with Crippen LogP contribution in [0.5, 0.6) is 0 Å². The van der Waals surface area contributed by atoms with E-state index in [2.05, 4.69) is 10.1 Å². The van der Waals surface area contributed by atoms with Crippen LogP contribution in [0.25, 0.3) is 0 Å². The standard InChI is InChI=1S/C10H14N2O/c1-2-8-6-12(10(8)3-1)7-9-4-5-11-13-9/h4-5,8,10H,1-3,6-7H2. The smallest absolute Gasteiger partial charge is 0.150 e. The summed E-state index contributed by atoms with van der Waals surface area (Å²) in [4.78, 5) is 2.51. The summed E-state index contributed by atoms with van der Waals surface area (Å²) in [5, 5.41) is 3.72. The molecule has 0 radical (unpaired) electrons. The highest BCUT2D eigenvalue weighted by molar-refractivity contribution is 5.00. The van der Waals surface area contributed by atoms with Gasteiger partial charge in [0.15, 0.2) is 5.76 Å². The maximum atomic E-state index is 5.10. The minimum absolute atomic E-state index is 0.852. The van der Waals surface area contributed by atoms with Crippen molar-refractivity contribution < 1.29 is 4.52 Å². The zero-order valence-corrected chi connectivity index (χ0v) is 7.65. The molecule has 0 spiro atoms. The van der Waals surface area contributed by atoms with Crippen molar-refractivity contribution in [2.24, 2.45) is 5.92 Å². The van der Waals surface area contributed by atoms with Crippen molar-refractivity contribution in [2.75, 3.05) is 6.54 Å². The summed E-state index contributed by atoms with van der Waals surface area (Å²) in [7, 11) is 0. The molecule has 0 aromatic carbocycles. The Morgan fingerprint density at radius 3 is 3.31 bits per heavy atom. The summed E-state index contributed by atoms with van der Waals surface area (Å²) in [6.45, 7) is 2.23. The van der Waals surface area contributed by atoms with E-state index in [-0.39, 0.29) is 0 Å². The summed E-state index contributed by atoms with van der Waals surface area (Å²) >= 11 is 0. The summed E-state index contributed by atoms with van der Waals surface area (Å²) in [6.07, 6.45) is 5.97. The second-order valence-electron chi connectivity index (χ2n) is 4.17. The van der Waals surface area contributed by atoms with Gasteiger partial charge in [0.05, 0.1) is 12.7 Å². The lowest BCUT2D eigenvalue weighted by molar-refractivity contribution is 0.0230. The fourth-order valence-corrected chi connectivity index (χ4v) is 2.72. The third-order valence-corrected chi connectivity index (χ3v) is 3.41. The lowest BCUT2D eigenvalue weighted by atomic mass is 9.92. The van der Waals surface area contributed by atoms with Gasteiger partial charge in [-0.3, -0.25) is 4.90 Å². The molecule has 0 N–H and O–H groups in total. The van der Waals surface area contributed by atoms with E-state index in [0.29, 0.717) is 0 Å². The van der Waals surface area contributed by atoms with Crippen LogP contribution >= 0.6 is 0 Å². The SMILES string of the molecule is c1cc(CN2CC3CCCC32)on1. The van der Waals surface area contributed by atoms with E-state index in [1.54, 1.807) is 6.20 Å². The summed E-state index contributed by atoms with van der Waals surface area (Å²) in [6, 6.07) is 2.81. The van der Waals surface area contributed by atoms with Gasteiger partial charge < -0.3 is 4.52 Å². The van der Waals surface area contributed by atoms with E-state index in [1.807, 2.05) is 6.07 Å². The lowest BCUT2D eigenvalue weighted by Gasteiger charge is -2.44. The van der Waals surface area contributed by atoms with Gasteiger partial charge in [0, 0.05) is 18.7 Å². The number of fused-ring (bicyclic) bond motifs is 1. The number of rotatable bonds is 2. The quantitative estimate of drug-likeness (QED) is 0.689. The van der Waals surface area contributed by atoms with E-state index in [9.17, 15) is 0 Å². The molecule has 0 bridgehead atoms. The molecule has 70 valence electrons. The molecule has 1 aromatic rings. The van der Waals surface area contributed by atoms with Crippen molar-refractivity contribution in [3.63, 3.8) is 0 Å². The van der Waals surface area contributed by atoms with Crippen LogP contribution in [0.4, 0.5) is 0 Å². The largest absolute Gasteiger partial charge is 0.360 e. The normalized spacial score (nSPS) is 32.9. The Labute approximate surface area is 77.7 Å². The monoisotopic (exact) mass is 178 g/mol. The van der Waals surface area contributed by atoms with E-state index in [1.165, 1.54) is 25.8 Å². The fraction of sp³-hybridized carbons (Fsp3) is 0.700. The van der Waals surface area contributed by atoms with Crippen molar-refractivity contribution in [1.82, 2.24) is 10.1 Å². The highest BCUT2D eigenvalue weighted by Crippen LogP contribution is 2.39. The highest BCUT2D eigenvalue weighted by atomic mass is 16.5. The molecule has 1 saturated heterocycles. The Balaban J connectivity index is 1.63. The third kappa shape index (κ3) is 1.18.